The Morgan fingerprint density at radius 2 is 1.89 bits per heavy atom. The number of carbonyl (C=O) groups is 2. The highest BCUT2D eigenvalue weighted by Crippen LogP contribution is 2.09. The van der Waals surface area contributed by atoms with Gasteiger partial charge in [-0.1, -0.05) is 12.1 Å². The Morgan fingerprint density at radius 3 is 2.47 bits per heavy atom. The van der Waals surface area contributed by atoms with Gasteiger partial charge >= 0.3 is 12.0 Å². The molecule has 0 aliphatic rings. The van der Waals surface area contributed by atoms with Crippen molar-refractivity contribution in [2.45, 2.75) is 12.8 Å². The second kappa shape index (κ2) is 7.25. The lowest BCUT2D eigenvalue weighted by Crippen LogP contribution is -2.39. The van der Waals surface area contributed by atoms with E-state index in [4.69, 9.17) is 10.2 Å². The maximum atomic E-state index is 11.6. The molecule has 6 heteroatoms. The van der Waals surface area contributed by atoms with Crippen LogP contribution in [0.3, 0.4) is 0 Å². The van der Waals surface area contributed by atoms with Crippen LogP contribution in [0.15, 0.2) is 24.3 Å². The van der Waals surface area contributed by atoms with Crippen molar-refractivity contribution in [1.82, 2.24) is 10.2 Å². The van der Waals surface area contributed by atoms with Crippen LogP contribution in [0.5, 0.6) is 5.75 Å². The summed E-state index contributed by atoms with van der Waals surface area (Å²) in [7, 11) is 1.55. The Balaban J connectivity index is 2.26. The topological polar surface area (TPSA) is 89.9 Å². The molecule has 0 spiro atoms. The third-order valence-corrected chi connectivity index (χ3v) is 2.63. The first-order valence-electron chi connectivity index (χ1n) is 5.97. The monoisotopic (exact) mass is 266 g/mol. The Kier molecular flexibility index (Phi) is 5.66. The summed E-state index contributed by atoms with van der Waals surface area (Å²) in [5.74, 6) is -0.718. The molecule has 2 amide bonds. The Morgan fingerprint density at radius 1 is 1.26 bits per heavy atom. The SMILES string of the molecule is CN(CCC(=O)O)C(=O)NCCc1ccc(O)cc1. The van der Waals surface area contributed by atoms with Gasteiger partial charge in [0.15, 0.2) is 0 Å². The van der Waals surface area contributed by atoms with E-state index in [2.05, 4.69) is 5.32 Å². The first-order chi connectivity index (χ1) is 8.99. The van der Waals surface area contributed by atoms with Gasteiger partial charge in [-0.25, -0.2) is 4.79 Å². The minimum absolute atomic E-state index is 0.0676. The number of carboxylic acids is 1. The van der Waals surface area contributed by atoms with Crippen molar-refractivity contribution >= 4 is 12.0 Å². The number of phenols is 1. The predicted octanol–water partition coefficient (Wildman–Crippen LogP) is 1.05. The first-order valence-corrected chi connectivity index (χ1v) is 5.97. The smallest absolute Gasteiger partial charge is 0.317 e. The van der Waals surface area contributed by atoms with E-state index in [-0.39, 0.29) is 24.7 Å². The molecule has 19 heavy (non-hydrogen) atoms. The molecular formula is C13H18N2O4. The molecule has 0 bridgehead atoms. The van der Waals surface area contributed by atoms with Crippen molar-refractivity contribution in [3.05, 3.63) is 29.8 Å². The summed E-state index contributed by atoms with van der Waals surface area (Å²) < 4.78 is 0. The fourth-order valence-corrected chi connectivity index (χ4v) is 1.48. The van der Waals surface area contributed by atoms with Crippen molar-refractivity contribution in [3.63, 3.8) is 0 Å². The van der Waals surface area contributed by atoms with Gasteiger partial charge in [-0.3, -0.25) is 4.79 Å². The van der Waals surface area contributed by atoms with Gasteiger partial charge in [-0.05, 0) is 24.1 Å². The fourth-order valence-electron chi connectivity index (χ4n) is 1.48. The van der Waals surface area contributed by atoms with E-state index in [1.165, 1.54) is 4.90 Å². The lowest BCUT2D eigenvalue weighted by molar-refractivity contribution is -0.137. The van der Waals surface area contributed by atoms with Gasteiger partial charge in [0, 0.05) is 20.1 Å². The average Bonchev–Trinajstić information content (AvgIpc) is 2.38. The second-order valence-corrected chi connectivity index (χ2v) is 4.21. The molecule has 0 saturated carbocycles. The van der Waals surface area contributed by atoms with Gasteiger partial charge in [-0.2, -0.15) is 0 Å². The van der Waals surface area contributed by atoms with Crippen LogP contribution in [-0.4, -0.2) is 47.3 Å². The molecule has 0 fully saturated rings. The molecule has 3 N–H and O–H groups in total. The lowest BCUT2D eigenvalue weighted by atomic mass is 10.1. The van der Waals surface area contributed by atoms with Crippen LogP contribution in [0.25, 0.3) is 0 Å². The first kappa shape index (κ1) is 14.8. The summed E-state index contributed by atoms with van der Waals surface area (Å²) in [6, 6.07) is 6.47. The van der Waals surface area contributed by atoms with E-state index in [1.807, 2.05) is 0 Å². The Bertz CT molecular complexity index is 431. The number of aromatic hydroxyl groups is 1. The van der Waals surface area contributed by atoms with Crippen molar-refractivity contribution in [2.75, 3.05) is 20.1 Å². The van der Waals surface area contributed by atoms with Crippen LogP contribution in [0.4, 0.5) is 4.79 Å². The second-order valence-electron chi connectivity index (χ2n) is 4.21. The van der Waals surface area contributed by atoms with Crippen LogP contribution in [0, 0.1) is 0 Å². The molecule has 6 nitrogen and oxygen atoms in total. The van der Waals surface area contributed by atoms with E-state index < -0.39 is 5.97 Å². The summed E-state index contributed by atoms with van der Waals surface area (Å²) in [5, 5.41) is 20.3. The number of nitrogens with zero attached hydrogens (tertiary/aromatic N) is 1. The molecule has 1 rings (SSSR count). The van der Waals surface area contributed by atoms with Gasteiger partial charge in [0.1, 0.15) is 5.75 Å². The highest BCUT2D eigenvalue weighted by atomic mass is 16.4. The largest absolute Gasteiger partial charge is 0.508 e. The van der Waals surface area contributed by atoms with Crippen molar-refractivity contribution in [2.24, 2.45) is 0 Å². The molecule has 104 valence electrons. The minimum Gasteiger partial charge on any atom is -0.508 e. The van der Waals surface area contributed by atoms with Crippen LogP contribution in [0.1, 0.15) is 12.0 Å². The number of urea groups is 1. The third-order valence-electron chi connectivity index (χ3n) is 2.63. The number of hydrogen-bond acceptors (Lipinski definition) is 3. The van der Waals surface area contributed by atoms with Crippen molar-refractivity contribution in [3.8, 4) is 5.75 Å². The normalized spacial score (nSPS) is 9.95. The van der Waals surface area contributed by atoms with Crippen LogP contribution < -0.4 is 5.32 Å². The third kappa shape index (κ3) is 5.76. The number of amides is 2. The maximum absolute atomic E-state index is 11.6. The van der Waals surface area contributed by atoms with Crippen LogP contribution >= 0.6 is 0 Å². The maximum Gasteiger partial charge on any atom is 0.317 e. The van der Waals surface area contributed by atoms with Gasteiger partial charge < -0.3 is 20.4 Å². The zero-order valence-electron chi connectivity index (χ0n) is 10.8. The molecule has 0 radical (unpaired) electrons. The van der Waals surface area contributed by atoms with E-state index in [0.717, 1.165) is 5.56 Å². The molecule has 0 atom stereocenters. The van der Waals surface area contributed by atoms with Gasteiger partial charge in [-0.15, -0.1) is 0 Å². The number of benzene rings is 1. The summed E-state index contributed by atoms with van der Waals surface area (Å²) in [6.07, 6.45) is 0.584. The molecule has 0 aromatic heterocycles. The van der Waals surface area contributed by atoms with E-state index in [0.29, 0.717) is 13.0 Å². The molecule has 1 aromatic rings. The number of aliphatic carboxylic acids is 1. The molecular weight excluding hydrogens is 248 g/mol. The highest BCUT2D eigenvalue weighted by molar-refractivity contribution is 5.74. The van der Waals surface area contributed by atoms with Crippen molar-refractivity contribution < 1.29 is 19.8 Å². The minimum atomic E-state index is -0.927. The molecule has 1 aromatic carbocycles. The quantitative estimate of drug-likeness (QED) is 0.718. The zero-order chi connectivity index (χ0) is 14.3. The number of carboxylic acid groups (broad SMARTS) is 1. The van der Waals surface area contributed by atoms with Gasteiger partial charge in [0.05, 0.1) is 6.42 Å². The Hall–Kier alpha value is -2.24. The molecule has 0 aliphatic carbocycles. The fraction of sp³-hybridized carbons (Fsp3) is 0.385. The molecule has 0 saturated heterocycles. The summed E-state index contributed by atoms with van der Waals surface area (Å²) in [5.41, 5.74) is 1.01. The summed E-state index contributed by atoms with van der Waals surface area (Å²) in [4.78, 5) is 23.3. The predicted molar refractivity (Wildman–Crippen MR) is 70.1 cm³/mol. The zero-order valence-corrected chi connectivity index (χ0v) is 10.8. The van der Waals surface area contributed by atoms with Crippen molar-refractivity contribution in [1.29, 1.82) is 0 Å². The van der Waals surface area contributed by atoms with Gasteiger partial charge in [0.25, 0.3) is 0 Å². The van der Waals surface area contributed by atoms with Crippen LogP contribution in [0.2, 0.25) is 0 Å². The Labute approximate surface area is 111 Å². The lowest BCUT2D eigenvalue weighted by Gasteiger charge is -2.16. The van der Waals surface area contributed by atoms with Crippen LogP contribution in [-0.2, 0) is 11.2 Å². The molecule has 0 heterocycles. The van der Waals surface area contributed by atoms with E-state index in [1.54, 1.807) is 31.3 Å². The molecule has 0 unspecified atom stereocenters. The van der Waals surface area contributed by atoms with E-state index >= 15 is 0 Å². The number of hydrogen-bond donors (Lipinski definition) is 3. The summed E-state index contributed by atoms with van der Waals surface area (Å²) in [6.45, 7) is 0.640. The highest BCUT2D eigenvalue weighted by Gasteiger charge is 2.09. The number of nitrogens with one attached hydrogen (secondary N) is 1. The standard InChI is InChI=1S/C13H18N2O4/c1-15(9-7-12(17)18)13(19)14-8-6-10-2-4-11(16)5-3-10/h2-5,16H,6-9H2,1H3,(H,14,19)(H,17,18). The average molecular weight is 266 g/mol. The number of carbonyl (C=O) groups excluding carboxylic acids is 1. The summed E-state index contributed by atoms with van der Waals surface area (Å²) >= 11 is 0. The number of rotatable bonds is 6. The number of phenolic OH excluding ortho intramolecular Hbond substituents is 1. The van der Waals surface area contributed by atoms with Gasteiger partial charge in [0.2, 0.25) is 0 Å². The van der Waals surface area contributed by atoms with E-state index in [9.17, 15) is 9.59 Å². The molecule has 0 aliphatic heterocycles.